The third-order valence-electron chi connectivity index (χ3n) is 6.89. The molecular weight excluding hydrogens is 454 g/mol. The molecule has 1 heterocycles. The van der Waals surface area contributed by atoms with Crippen molar-refractivity contribution in [3.63, 3.8) is 0 Å². The van der Waals surface area contributed by atoms with Crippen molar-refractivity contribution in [1.82, 2.24) is 9.55 Å². The van der Waals surface area contributed by atoms with Crippen molar-refractivity contribution in [1.29, 1.82) is 5.26 Å². The lowest BCUT2D eigenvalue weighted by atomic mass is 9.88. The molecule has 0 N–H and O–H groups in total. The van der Waals surface area contributed by atoms with Crippen LogP contribution in [-0.2, 0) is 18.4 Å². The molecule has 0 aliphatic carbocycles. The van der Waals surface area contributed by atoms with E-state index in [0.717, 1.165) is 49.5 Å². The molecule has 6 rings (SSSR count). The monoisotopic (exact) mass is 479 g/mol. The second-order valence-electron chi connectivity index (χ2n) is 9.22. The first-order valence-electron chi connectivity index (χ1n) is 12.3. The predicted molar refractivity (Wildman–Crippen MR) is 148 cm³/mol. The summed E-state index contributed by atoms with van der Waals surface area (Å²) in [5, 5.41) is 14.7. The maximum Gasteiger partial charge on any atom is 0.124 e. The topological polar surface area (TPSA) is 50.8 Å². The molecule has 178 valence electrons. The lowest BCUT2D eigenvalue weighted by molar-refractivity contribution is 0.0622. The molecule has 0 aliphatic heterocycles. The molecule has 1 atom stereocenters. The molecule has 0 saturated heterocycles. The number of hydrogen-bond donors (Lipinski definition) is 0. The smallest absolute Gasteiger partial charge is 0.124 e. The Morgan fingerprint density at radius 1 is 0.838 bits per heavy atom. The number of aromatic nitrogens is 2. The zero-order chi connectivity index (χ0) is 25.2. The van der Waals surface area contributed by atoms with Crippen LogP contribution in [0.4, 0.5) is 0 Å². The van der Waals surface area contributed by atoms with Crippen LogP contribution >= 0.6 is 0 Å². The lowest BCUT2D eigenvalue weighted by Crippen LogP contribution is -2.11. The second kappa shape index (κ2) is 9.73. The first kappa shape index (κ1) is 22.7. The van der Waals surface area contributed by atoms with E-state index in [1.54, 1.807) is 6.33 Å². The maximum absolute atomic E-state index is 10.1. The van der Waals surface area contributed by atoms with Gasteiger partial charge in [0.05, 0.1) is 36.5 Å². The minimum absolute atomic E-state index is 0.347. The molecule has 4 heteroatoms. The summed E-state index contributed by atoms with van der Waals surface area (Å²) in [5.74, 6) is 0. The lowest BCUT2D eigenvalue weighted by Gasteiger charge is -2.21. The van der Waals surface area contributed by atoms with E-state index < -0.39 is 0 Å². The summed E-state index contributed by atoms with van der Waals surface area (Å²) in [6.07, 6.45) is 3.29. The number of benzene rings is 5. The molecule has 5 aromatic carbocycles. The van der Waals surface area contributed by atoms with Crippen LogP contribution in [0.5, 0.6) is 0 Å². The normalized spacial score (nSPS) is 12.0. The molecule has 0 fully saturated rings. The molecule has 0 spiro atoms. The quantitative estimate of drug-likeness (QED) is 0.232. The van der Waals surface area contributed by atoms with Crippen LogP contribution in [0.3, 0.4) is 0 Å². The third-order valence-corrected chi connectivity index (χ3v) is 6.89. The van der Waals surface area contributed by atoms with Crippen molar-refractivity contribution < 1.29 is 4.74 Å². The van der Waals surface area contributed by atoms with E-state index in [1.165, 1.54) is 0 Å². The Hall–Kier alpha value is -4.72. The van der Waals surface area contributed by atoms with Crippen molar-refractivity contribution in [2.24, 2.45) is 7.05 Å². The van der Waals surface area contributed by atoms with Crippen LogP contribution in [0, 0.1) is 11.3 Å². The minimum atomic E-state index is -0.347. The van der Waals surface area contributed by atoms with Crippen LogP contribution in [-0.4, -0.2) is 9.55 Å². The standard InChI is InChI=1S/C33H25N3O/c1-36-22-35-20-31(36)33(37-21-23-9-3-2-4-10-23)26-15-16-27(19-34)30(18-26)32-28-13-7-5-11-24(28)17-25-12-6-8-14-29(25)32/h2-18,20,22,33H,21H2,1H3. The first-order chi connectivity index (χ1) is 18.2. The van der Waals surface area contributed by atoms with Crippen LogP contribution in [0.25, 0.3) is 32.7 Å². The highest BCUT2D eigenvalue weighted by Gasteiger charge is 2.22. The molecule has 0 bridgehead atoms. The van der Waals surface area contributed by atoms with E-state index in [2.05, 4.69) is 83.8 Å². The predicted octanol–water partition coefficient (Wildman–Crippen LogP) is 7.57. The molecule has 4 nitrogen and oxygen atoms in total. The summed E-state index contributed by atoms with van der Waals surface area (Å²) in [6.45, 7) is 0.462. The van der Waals surface area contributed by atoms with Gasteiger partial charge in [-0.25, -0.2) is 4.98 Å². The van der Waals surface area contributed by atoms with Gasteiger partial charge in [-0.05, 0) is 56.4 Å². The van der Waals surface area contributed by atoms with Gasteiger partial charge < -0.3 is 9.30 Å². The van der Waals surface area contributed by atoms with Gasteiger partial charge in [0, 0.05) is 12.6 Å². The summed E-state index contributed by atoms with van der Waals surface area (Å²) in [6, 6.07) is 37.6. The number of ether oxygens (including phenoxy) is 1. The van der Waals surface area contributed by atoms with Crippen molar-refractivity contribution in [2.45, 2.75) is 12.7 Å². The molecular formula is C33H25N3O. The van der Waals surface area contributed by atoms with Crippen molar-refractivity contribution in [3.05, 3.63) is 138 Å². The number of nitrogens with zero attached hydrogens (tertiary/aromatic N) is 3. The molecule has 37 heavy (non-hydrogen) atoms. The Balaban J connectivity index is 1.55. The molecule has 6 aromatic rings. The largest absolute Gasteiger partial charge is 0.363 e. The molecule has 1 unspecified atom stereocenters. The van der Waals surface area contributed by atoms with Gasteiger partial charge >= 0.3 is 0 Å². The summed E-state index contributed by atoms with van der Waals surface area (Å²) in [7, 11) is 1.98. The Morgan fingerprint density at radius 2 is 1.51 bits per heavy atom. The van der Waals surface area contributed by atoms with E-state index in [9.17, 15) is 5.26 Å². The van der Waals surface area contributed by atoms with E-state index in [0.29, 0.717) is 12.2 Å². The summed E-state index contributed by atoms with van der Waals surface area (Å²) >= 11 is 0. The van der Waals surface area contributed by atoms with E-state index in [-0.39, 0.29) is 6.10 Å². The fraction of sp³-hybridized carbons (Fsp3) is 0.0909. The molecule has 0 aliphatic rings. The highest BCUT2D eigenvalue weighted by molar-refractivity contribution is 6.13. The van der Waals surface area contributed by atoms with Crippen LogP contribution in [0.1, 0.15) is 28.5 Å². The Morgan fingerprint density at radius 3 is 2.16 bits per heavy atom. The maximum atomic E-state index is 10.1. The van der Waals surface area contributed by atoms with Gasteiger partial charge in [0.1, 0.15) is 6.10 Å². The van der Waals surface area contributed by atoms with Gasteiger partial charge in [0.25, 0.3) is 0 Å². The number of rotatable bonds is 6. The zero-order valence-electron chi connectivity index (χ0n) is 20.5. The van der Waals surface area contributed by atoms with E-state index in [1.807, 2.05) is 48.1 Å². The van der Waals surface area contributed by atoms with E-state index in [4.69, 9.17) is 4.74 Å². The second-order valence-corrected chi connectivity index (χ2v) is 9.22. The van der Waals surface area contributed by atoms with Crippen molar-refractivity contribution in [2.75, 3.05) is 0 Å². The summed E-state index contributed by atoms with van der Waals surface area (Å²) < 4.78 is 8.52. The molecule has 0 amide bonds. The molecule has 1 aromatic heterocycles. The molecule has 0 radical (unpaired) electrons. The van der Waals surface area contributed by atoms with Crippen molar-refractivity contribution in [3.8, 4) is 17.2 Å². The van der Waals surface area contributed by atoms with Gasteiger partial charge in [0.15, 0.2) is 0 Å². The highest BCUT2D eigenvalue weighted by Crippen LogP contribution is 2.40. The highest BCUT2D eigenvalue weighted by atomic mass is 16.5. The Labute approximate surface area is 216 Å². The summed E-state index contributed by atoms with van der Waals surface area (Å²) in [4.78, 5) is 4.35. The molecule has 0 saturated carbocycles. The third kappa shape index (κ3) is 4.27. The fourth-order valence-electron chi connectivity index (χ4n) is 5.06. The number of aryl methyl sites for hydroxylation is 1. The van der Waals surface area contributed by atoms with Crippen LogP contribution < -0.4 is 0 Å². The number of nitriles is 1. The fourth-order valence-corrected chi connectivity index (χ4v) is 5.06. The number of hydrogen-bond acceptors (Lipinski definition) is 3. The van der Waals surface area contributed by atoms with Crippen LogP contribution in [0.2, 0.25) is 0 Å². The summed E-state index contributed by atoms with van der Waals surface area (Å²) in [5.41, 5.74) is 5.64. The average molecular weight is 480 g/mol. The van der Waals surface area contributed by atoms with Crippen molar-refractivity contribution >= 4 is 21.5 Å². The Kier molecular flexibility index (Phi) is 5.98. The average Bonchev–Trinajstić information content (AvgIpc) is 3.37. The number of fused-ring (bicyclic) bond motifs is 2. The van der Waals surface area contributed by atoms with Gasteiger partial charge in [-0.15, -0.1) is 0 Å². The van der Waals surface area contributed by atoms with Crippen LogP contribution in [0.15, 0.2) is 116 Å². The zero-order valence-corrected chi connectivity index (χ0v) is 20.5. The van der Waals surface area contributed by atoms with Gasteiger partial charge in [-0.1, -0.05) is 84.9 Å². The SMILES string of the molecule is Cn1cncc1C(OCc1ccccc1)c1ccc(C#N)c(-c2c3ccccc3cc3ccccc23)c1. The Bertz CT molecular complexity index is 1710. The first-order valence-corrected chi connectivity index (χ1v) is 12.3. The van der Waals surface area contributed by atoms with E-state index >= 15 is 0 Å². The number of imidazole rings is 1. The van der Waals surface area contributed by atoms with Gasteiger partial charge in [-0.3, -0.25) is 0 Å². The van der Waals surface area contributed by atoms with Gasteiger partial charge in [-0.2, -0.15) is 5.26 Å². The minimum Gasteiger partial charge on any atom is -0.363 e. The van der Waals surface area contributed by atoms with Gasteiger partial charge in [0.2, 0.25) is 0 Å².